The number of ether oxygens (including phenoxy) is 3. The van der Waals surface area contributed by atoms with Crippen LogP contribution in [0.2, 0.25) is 0 Å². The van der Waals surface area contributed by atoms with Crippen LogP contribution in [0.3, 0.4) is 0 Å². The van der Waals surface area contributed by atoms with E-state index in [4.69, 9.17) is 18.7 Å². The first-order valence-corrected chi connectivity index (χ1v) is 15.3. The monoisotopic (exact) mass is 651 g/mol. The first-order valence-electron chi connectivity index (χ1n) is 15.3. The van der Waals surface area contributed by atoms with Crippen LogP contribution in [0.25, 0.3) is 11.3 Å². The zero-order valence-electron chi connectivity index (χ0n) is 26.4. The number of carbonyl (C=O) groups excluding carboxylic acids is 1. The van der Waals surface area contributed by atoms with Crippen molar-refractivity contribution in [2.45, 2.75) is 102 Å². The van der Waals surface area contributed by atoms with Gasteiger partial charge in [0.15, 0.2) is 17.5 Å². The predicted octanol–water partition coefficient (Wildman–Crippen LogP) is 4.16. The molecule has 2 aliphatic heterocycles. The predicted molar refractivity (Wildman–Crippen MR) is 156 cm³/mol. The number of hydrogen-bond donors (Lipinski definition) is 2. The van der Waals surface area contributed by atoms with E-state index in [2.05, 4.69) is 15.5 Å². The largest absolute Gasteiger partial charge is 0.444 e. The van der Waals surface area contributed by atoms with Crippen LogP contribution in [0, 0.1) is 17.5 Å². The fourth-order valence-corrected chi connectivity index (χ4v) is 5.88. The van der Waals surface area contributed by atoms with Gasteiger partial charge < -0.3 is 33.8 Å². The van der Waals surface area contributed by atoms with Crippen molar-refractivity contribution >= 4 is 6.09 Å². The summed E-state index contributed by atoms with van der Waals surface area (Å²) in [5, 5.41) is 33.7. The molecule has 2 aromatic heterocycles. The van der Waals surface area contributed by atoms with Gasteiger partial charge in [-0.2, -0.15) is 0 Å². The molecule has 3 aromatic rings. The zero-order valence-corrected chi connectivity index (χ0v) is 26.4. The van der Waals surface area contributed by atoms with Crippen molar-refractivity contribution in [1.29, 1.82) is 0 Å². The number of halogens is 3. The van der Waals surface area contributed by atoms with E-state index >= 15 is 0 Å². The average Bonchev–Trinajstić information content (AvgIpc) is 3.66. The van der Waals surface area contributed by atoms with Gasteiger partial charge in [-0.3, -0.25) is 0 Å². The van der Waals surface area contributed by atoms with E-state index in [1.54, 1.807) is 4.90 Å². The molecule has 0 saturated carbocycles. The molecule has 4 heterocycles. The minimum absolute atomic E-state index is 0.0377. The number of likely N-dealkylation sites (tertiary alicyclic amines) is 1. The molecule has 1 amide bonds. The number of aromatic nitrogens is 4. The molecule has 2 aliphatic rings. The Labute approximate surface area is 264 Å². The van der Waals surface area contributed by atoms with Crippen molar-refractivity contribution < 1.29 is 46.9 Å². The molecule has 0 bridgehead atoms. The third-order valence-electron chi connectivity index (χ3n) is 8.02. The molecule has 0 unspecified atom stereocenters. The highest BCUT2D eigenvalue weighted by Gasteiger charge is 2.48. The van der Waals surface area contributed by atoms with Crippen molar-refractivity contribution in [1.82, 2.24) is 25.1 Å². The summed E-state index contributed by atoms with van der Waals surface area (Å²) < 4.78 is 66.2. The van der Waals surface area contributed by atoms with Crippen molar-refractivity contribution in [3.05, 3.63) is 53.3 Å². The van der Waals surface area contributed by atoms with E-state index in [1.165, 1.54) is 10.9 Å². The average molecular weight is 652 g/mol. The van der Waals surface area contributed by atoms with E-state index in [0.29, 0.717) is 37.4 Å². The molecule has 1 aromatic carbocycles. The molecule has 252 valence electrons. The van der Waals surface area contributed by atoms with Gasteiger partial charge in [-0.1, -0.05) is 10.4 Å². The second-order valence-electron chi connectivity index (χ2n) is 13.0. The molecule has 2 N–H and O–H groups in total. The summed E-state index contributed by atoms with van der Waals surface area (Å²) >= 11 is 0. The lowest BCUT2D eigenvalue weighted by molar-refractivity contribution is -0.225. The van der Waals surface area contributed by atoms with Gasteiger partial charge in [0.1, 0.15) is 41.4 Å². The summed E-state index contributed by atoms with van der Waals surface area (Å²) in [6.07, 6.45) is -1.64. The summed E-state index contributed by atoms with van der Waals surface area (Å²) in [7, 11) is 0. The minimum Gasteiger partial charge on any atom is -0.444 e. The summed E-state index contributed by atoms with van der Waals surface area (Å²) in [6.45, 7) is 9.62. The van der Waals surface area contributed by atoms with E-state index in [0.717, 1.165) is 12.1 Å². The molecule has 2 saturated heterocycles. The number of hydrogen-bond acceptors (Lipinski definition) is 10. The second kappa shape index (κ2) is 13.7. The Hall–Kier alpha value is -3.53. The Morgan fingerprint density at radius 2 is 1.78 bits per heavy atom. The van der Waals surface area contributed by atoms with Gasteiger partial charge in [-0.05, 0) is 59.6 Å². The topological polar surface area (TPSA) is 145 Å². The Morgan fingerprint density at radius 1 is 1.11 bits per heavy atom. The maximum atomic E-state index is 13.9. The van der Waals surface area contributed by atoms with E-state index in [-0.39, 0.29) is 35.8 Å². The lowest BCUT2D eigenvalue weighted by atomic mass is 9.89. The Balaban J connectivity index is 1.34. The Bertz CT molecular complexity index is 1480. The minimum atomic E-state index is -1.60. The van der Waals surface area contributed by atoms with Crippen LogP contribution in [0.4, 0.5) is 18.0 Å². The van der Waals surface area contributed by atoms with Crippen molar-refractivity contribution in [2.75, 3.05) is 19.7 Å². The highest BCUT2D eigenvalue weighted by Crippen LogP contribution is 2.36. The molecule has 12 nitrogen and oxygen atoms in total. The summed E-state index contributed by atoms with van der Waals surface area (Å²) in [6, 6.07) is 2.51. The fraction of sp³-hybridized carbons (Fsp3) is 0.613. The number of carbonyl (C=O) groups is 1. The van der Waals surface area contributed by atoms with Gasteiger partial charge in [0.25, 0.3) is 0 Å². The molecular formula is C31H40F3N5O7. The summed E-state index contributed by atoms with van der Waals surface area (Å²) in [5.41, 5.74) is -0.0211. The van der Waals surface area contributed by atoms with Crippen molar-refractivity contribution in [3.8, 4) is 11.3 Å². The SMILES string of the molecule is CC(C)O[C@@H]1[C@@H](n2cc(-c3cc(F)c(F)c(F)c3)nn2)[C@@H](O)[C@@H](CO)O[C@@H]1Cc1cc(C2CCN(C(=O)OC(C)(C)C)CC2)on1. The fourth-order valence-electron chi connectivity index (χ4n) is 5.88. The molecule has 0 radical (unpaired) electrons. The first kappa shape index (κ1) is 33.8. The Kier molecular flexibility index (Phi) is 10.1. The van der Waals surface area contributed by atoms with Crippen molar-refractivity contribution in [2.24, 2.45) is 0 Å². The van der Waals surface area contributed by atoms with Crippen LogP contribution in [0.5, 0.6) is 0 Å². The number of nitrogens with zero attached hydrogens (tertiary/aromatic N) is 5. The second-order valence-corrected chi connectivity index (χ2v) is 13.0. The van der Waals surface area contributed by atoms with Gasteiger partial charge in [0.05, 0.1) is 30.7 Å². The summed E-state index contributed by atoms with van der Waals surface area (Å²) in [5.74, 6) is -3.64. The molecule has 5 rings (SSSR count). The third kappa shape index (κ3) is 7.54. The Morgan fingerprint density at radius 3 is 2.39 bits per heavy atom. The van der Waals surface area contributed by atoms with E-state index in [1.807, 2.05) is 40.7 Å². The van der Waals surface area contributed by atoms with Crippen LogP contribution in [0.1, 0.15) is 70.9 Å². The normalized spacial score (nSPS) is 24.5. The molecule has 5 atom stereocenters. The van der Waals surface area contributed by atoms with Crippen LogP contribution >= 0.6 is 0 Å². The smallest absolute Gasteiger partial charge is 0.410 e. The van der Waals surface area contributed by atoms with Gasteiger partial charge in [0, 0.05) is 37.1 Å². The maximum absolute atomic E-state index is 13.9. The highest BCUT2D eigenvalue weighted by atomic mass is 19.2. The maximum Gasteiger partial charge on any atom is 0.410 e. The summed E-state index contributed by atoms with van der Waals surface area (Å²) in [4.78, 5) is 14.1. The molecule has 15 heteroatoms. The lowest BCUT2D eigenvalue weighted by Crippen LogP contribution is -2.58. The van der Waals surface area contributed by atoms with Gasteiger partial charge in [-0.25, -0.2) is 22.6 Å². The molecule has 0 spiro atoms. The molecule has 46 heavy (non-hydrogen) atoms. The van der Waals surface area contributed by atoms with Gasteiger partial charge in [-0.15, -0.1) is 5.10 Å². The number of aliphatic hydroxyl groups is 2. The van der Waals surface area contributed by atoms with Crippen LogP contribution < -0.4 is 0 Å². The first-order chi connectivity index (χ1) is 21.7. The van der Waals surface area contributed by atoms with Crippen LogP contribution in [-0.2, 0) is 20.6 Å². The van der Waals surface area contributed by atoms with E-state index < -0.39 is 60.1 Å². The zero-order chi connectivity index (χ0) is 33.3. The van der Waals surface area contributed by atoms with Crippen LogP contribution in [0.15, 0.2) is 28.9 Å². The standard InChI is InChI=1S/C31H40F3N5O7/c1-16(2)43-29-24(13-19-12-23(46-36-19)17-6-8-38(9-7-17)30(42)45-31(3,4)5)44-25(15-40)28(41)27(29)39-14-22(35-37-39)18-10-20(32)26(34)21(33)11-18/h10-12,14,16-17,24-25,27-29,40-41H,6-9,13,15H2,1-5H3/t24-,25-,27+,28+,29+/m1/s1. The van der Waals surface area contributed by atoms with Crippen molar-refractivity contribution in [3.63, 3.8) is 0 Å². The molecular weight excluding hydrogens is 611 g/mol. The number of rotatable bonds is 8. The highest BCUT2D eigenvalue weighted by molar-refractivity contribution is 5.68. The number of benzene rings is 1. The van der Waals surface area contributed by atoms with Gasteiger partial charge in [0.2, 0.25) is 0 Å². The quantitative estimate of drug-likeness (QED) is 0.341. The lowest BCUT2D eigenvalue weighted by Gasteiger charge is -2.44. The number of piperidine rings is 1. The number of amides is 1. The molecule has 2 fully saturated rings. The number of aliphatic hydroxyl groups excluding tert-OH is 2. The van der Waals surface area contributed by atoms with E-state index in [9.17, 15) is 28.2 Å². The third-order valence-corrected chi connectivity index (χ3v) is 8.02. The van der Waals surface area contributed by atoms with Gasteiger partial charge >= 0.3 is 6.09 Å². The van der Waals surface area contributed by atoms with Crippen LogP contribution in [-0.4, -0.2) is 97.2 Å². The molecule has 0 aliphatic carbocycles.